The van der Waals surface area contributed by atoms with Crippen molar-refractivity contribution in [1.29, 1.82) is 0 Å². The number of aliphatic hydroxyl groups excluding tert-OH is 1. The predicted octanol–water partition coefficient (Wildman–Crippen LogP) is 2.68. The Morgan fingerprint density at radius 2 is 2.00 bits per heavy atom. The van der Waals surface area contributed by atoms with E-state index >= 15 is 0 Å². The van der Waals surface area contributed by atoms with Gasteiger partial charge in [-0.3, -0.25) is 4.79 Å². The van der Waals surface area contributed by atoms with Crippen molar-refractivity contribution in [3.63, 3.8) is 0 Å². The minimum absolute atomic E-state index is 0.0740. The third-order valence-electron chi connectivity index (χ3n) is 4.21. The Bertz CT molecular complexity index is 630. The number of carbonyl (C=O) groups excluding carboxylic acids is 1. The summed E-state index contributed by atoms with van der Waals surface area (Å²) < 4.78 is 0. The van der Waals surface area contributed by atoms with E-state index in [1.165, 1.54) is 0 Å². The van der Waals surface area contributed by atoms with Gasteiger partial charge in [-0.2, -0.15) is 0 Å². The number of likely N-dealkylation sites (tertiary alicyclic amines) is 1. The van der Waals surface area contributed by atoms with Gasteiger partial charge >= 0.3 is 0 Å². The first kappa shape index (κ1) is 13.1. The quantitative estimate of drug-likeness (QED) is 0.910. The van der Waals surface area contributed by atoms with Crippen molar-refractivity contribution in [3.05, 3.63) is 48.0 Å². The van der Waals surface area contributed by atoms with E-state index in [4.69, 9.17) is 0 Å². The number of nitrogens with zero attached hydrogens (tertiary/aromatic N) is 1. The zero-order chi connectivity index (χ0) is 14.1. The molecular weight excluding hydrogens is 250 g/mol. The average Bonchev–Trinajstić information content (AvgIpc) is 2.96. The van der Waals surface area contributed by atoms with Gasteiger partial charge in [0.2, 0.25) is 0 Å². The maximum absolute atomic E-state index is 12.7. The predicted molar refractivity (Wildman–Crippen MR) is 79.6 cm³/mol. The minimum Gasteiger partial charge on any atom is -0.393 e. The molecule has 20 heavy (non-hydrogen) atoms. The number of hydrogen-bond donors (Lipinski definition) is 1. The molecule has 0 spiro atoms. The topological polar surface area (TPSA) is 40.5 Å². The summed E-state index contributed by atoms with van der Waals surface area (Å²) in [6, 6.07) is 13.8. The first-order chi connectivity index (χ1) is 9.66. The van der Waals surface area contributed by atoms with Crippen LogP contribution in [0.3, 0.4) is 0 Å². The maximum atomic E-state index is 12.7. The van der Waals surface area contributed by atoms with Crippen molar-refractivity contribution < 1.29 is 9.90 Å². The molecule has 0 saturated carbocycles. The molecule has 3 rings (SSSR count). The van der Waals surface area contributed by atoms with Crippen molar-refractivity contribution in [2.24, 2.45) is 5.92 Å². The number of carbonyl (C=O) groups is 1. The van der Waals surface area contributed by atoms with Gasteiger partial charge in [0.25, 0.3) is 5.91 Å². The maximum Gasteiger partial charge on any atom is 0.254 e. The fraction of sp³-hybridized carbons (Fsp3) is 0.353. The van der Waals surface area contributed by atoms with Crippen LogP contribution >= 0.6 is 0 Å². The van der Waals surface area contributed by atoms with Gasteiger partial charge in [0, 0.05) is 24.6 Å². The summed E-state index contributed by atoms with van der Waals surface area (Å²) in [6.45, 7) is 3.19. The van der Waals surface area contributed by atoms with E-state index in [0.717, 1.165) is 29.3 Å². The molecule has 3 heteroatoms. The Morgan fingerprint density at radius 3 is 2.75 bits per heavy atom. The lowest BCUT2D eigenvalue weighted by Crippen LogP contribution is -2.30. The Morgan fingerprint density at radius 1 is 1.25 bits per heavy atom. The van der Waals surface area contributed by atoms with E-state index in [1.54, 1.807) is 6.92 Å². The van der Waals surface area contributed by atoms with E-state index in [9.17, 15) is 9.90 Å². The van der Waals surface area contributed by atoms with Gasteiger partial charge in [-0.1, -0.05) is 36.4 Å². The van der Waals surface area contributed by atoms with E-state index in [2.05, 4.69) is 0 Å². The zero-order valence-electron chi connectivity index (χ0n) is 11.6. The molecule has 3 nitrogen and oxygen atoms in total. The first-order valence-electron chi connectivity index (χ1n) is 7.12. The summed E-state index contributed by atoms with van der Waals surface area (Å²) >= 11 is 0. The molecule has 0 radical (unpaired) electrons. The van der Waals surface area contributed by atoms with Crippen LogP contribution in [0.1, 0.15) is 23.7 Å². The van der Waals surface area contributed by atoms with Crippen molar-refractivity contribution in [1.82, 2.24) is 4.90 Å². The lowest BCUT2D eigenvalue weighted by molar-refractivity contribution is 0.0764. The molecule has 1 amide bonds. The van der Waals surface area contributed by atoms with Gasteiger partial charge < -0.3 is 10.0 Å². The molecule has 104 valence electrons. The summed E-state index contributed by atoms with van der Waals surface area (Å²) in [6.07, 6.45) is 0.536. The van der Waals surface area contributed by atoms with Crippen LogP contribution in [-0.4, -0.2) is 35.1 Å². The van der Waals surface area contributed by atoms with Crippen LogP contribution in [0.25, 0.3) is 10.8 Å². The molecule has 1 N–H and O–H groups in total. The number of amides is 1. The summed E-state index contributed by atoms with van der Waals surface area (Å²) in [4.78, 5) is 14.5. The first-order valence-corrected chi connectivity index (χ1v) is 7.12. The van der Waals surface area contributed by atoms with E-state index in [0.29, 0.717) is 6.54 Å². The third-order valence-corrected chi connectivity index (χ3v) is 4.21. The SMILES string of the molecule is CC(O)C1CCN(C(=O)c2cccc3ccccc23)C1. The minimum atomic E-state index is -0.347. The van der Waals surface area contributed by atoms with E-state index in [1.807, 2.05) is 47.4 Å². The highest BCUT2D eigenvalue weighted by Gasteiger charge is 2.29. The molecule has 2 atom stereocenters. The second-order valence-electron chi connectivity index (χ2n) is 5.57. The van der Waals surface area contributed by atoms with Crippen LogP contribution in [0.5, 0.6) is 0 Å². The van der Waals surface area contributed by atoms with Crippen molar-refractivity contribution >= 4 is 16.7 Å². The average molecular weight is 269 g/mol. The van der Waals surface area contributed by atoms with E-state index < -0.39 is 0 Å². The van der Waals surface area contributed by atoms with Gasteiger partial charge in [0.05, 0.1) is 6.10 Å². The van der Waals surface area contributed by atoms with E-state index in [-0.39, 0.29) is 17.9 Å². The molecule has 0 bridgehead atoms. The third kappa shape index (κ3) is 2.29. The molecule has 2 aromatic rings. The molecule has 2 aromatic carbocycles. The molecule has 1 fully saturated rings. The van der Waals surface area contributed by atoms with Crippen LogP contribution in [-0.2, 0) is 0 Å². The summed E-state index contributed by atoms with van der Waals surface area (Å²) in [5.41, 5.74) is 0.759. The van der Waals surface area contributed by atoms with Gasteiger partial charge in [-0.15, -0.1) is 0 Å². The number of aliphatic hydroxyl groups is 1. The Balaban J connectivity index is 1.90. The number of benzene rings is 2. The van der Waals surface area contributed by atoms with Crippen molar-refractivity contribution in [2.45, 2.75) is 19.4 Å². The van der Waals surface area contributed by atoms with Gasteiger partial charge in [0.15, 0.2) is 0 Å². The fourth-order valence-electron chi connectivity index (χ4n) is 2.95. The standard InChI is InChI=1S/C17H19NO2/c1-12(19)14-9-10-18(11-14)17(20)16-8-4-6-13-5-2-3-7-15(13)16/h2-8,12,14,19H,9-11H2,1H3. The molecular formula is C17H19NO2. The zero-order valence-corrected chi connectivity index (χ0v) is 11.6. The molecule has 2 unspecified atom stereocenters. The second kappa shape index (κ2) is 5.25. The van der Waals surface area contributed by atoms with Crippen molar-refractivity contribution in [2.75, 3.05) is 13.1 Å². The Labute approximate surface area is 118 Å². The second-order valence-corrected chi connectivity index (χ2v) is 5.57. The normalized spacial score (nSPS) is 20.3. The molecule has 1 saturated heterocycles. The Kier molecular flexibility index (Phi) is 3.45. The lowest BCUT2D eigenvalue weighted by Gasteiger charge is -2.18. The monoisotopic (exact) mass is 269 g/mol. The highest BCUT2D eigenvalue weighted by atomic mass is 16.3. The Hall–Kier alpha value is -1.87. The molecule has 1 heterocycles. The van der Waals surface area contributed by atoms with Crippen LogP contribution in [0.2, 0.25) is 0 Å². The van der Waals surface area contributed by atoms with Crippen molar-refractivity contribution in [3.8, 4) is 0 Å². The number of fused-ring (bicyclic) bond motifs is 1. The van der Waals surface area contributed by atoms with Gasteiger partial charge in [0.1, 0.15) is 0 Å². The number of rotatable bonds is 2. The van der Waals surface area contributed by atoms with Crippen LogP contribution < -0.4 is 0 Å². The molecule has 1 aliphatic rings. The van der Waals surface area contributed by atoms with Crippen LogP contribution in [0.4, 0.5) is 0 Å². The largest absolute Gasteiger partial charge is 0.393 e. The summed E-state index contributed by atoms with van der Waals surface area (Å²) in [5.74, 6) is 0.277. The van der Waals surface area contributed by atoms with Gasteiger partial charge in [-0.25, -0.2) is 0 Å². The smallest absolute Gasteiger partial charge is 0.254 e. The molecule has 0 aromatic heterocycles. The summed E-state index contributed by atoms with van der Waals surface area (Å²) in [5, 5.41) is 11.7. The highest BCUT2D eigenvalue weighted by Crippen LogP contribution is 2.25. The van der Waals surface area contributed by atoms with Crippen LogP contribution in [0, 0.1) is 5.92 Å². The highest BCUT2D eigenvalue weighted by molar-refractivity contribution is 6.07. The molecule has 0 aliphatic carbocycles. The summed E-state index contributed by atoms with van der Waals surface area (Å²) in [7, 11) is 0. The van der Waals surface area contributed by atoms with Gasteiger partial charge in [-0.05, 0) is 30.2 Å². The number of hydrogen-bond acceptors (Lipinski definition) is 2. The molecule has 1 aliphatic heterocycles. The van der Waals surface area contributed by atoms with Crippen LogP contribution in [0.15, 0.2) is 42.5 Å². The fourth-order valence-corrected chi connectivity index (χ4v) is 2.95. The lowest BCUT2D eigenvalue weighted by atomic mass is 10.0.